The molecule has 0 aromatic heterocycles. The van der Waals surface area contributed by atoms with Crippen LogP contribution in [0.4, 0.5) is 5.69 Å². The van der Waals surface area contributed by atoms with Crippen molar-refractivity contribution in [2.75, 3.05) is 31.7 Å². The van der Waals surface area contributed by atoms with Crippen LogP contribution in [0.5, 0.6) is 0 Å². The minimum absolute atomic E-state index is 0.0562. The molecule has 0 saturated carbocycles. The SMILES string of the molecule is CN(CC(=O)Nc1ccc(S(=O)(=O)NC2=NCCCCC2)cc1)S(C)(=O)=O. The number of amidine groups is 1. The summed E-state index contributed by atoms with van der Waals surface area (Å²) >= 11 is 0. The summed E-state index contributed by atoms with van der Waals surface area (Å²) in [6, 6.07) is 5.63. The van der Waals surface area contributed by atoms with E-state index in [1.165, 1.54) is 31.3 Å². The zero-order valence-corrected chi connectivity index (χ0v) is 16.9. The average molecular weight is 417 g/mol. The summed E-state index contributed by atoms with van der Waals surface area (Å²) in [5, 5.41) is 2.53. The third kappa shape index (κ3) is 6.60. The minimum atomic E-state index is -3.74. The lowest BCUT2D eigenvalue weighted by molar-refractivity contribution is -0.116. The van der Waals surface area contributed by atoms with Crippen LogP contribution in [0.3, 0.4) is 0 Å². The first kappa shape index (κ1) is 21.3. The fourth-order valence-electron chi connectivity index (χ4n) is 2.41. The first-order valence-corrected chi connectivity index (χ1v) is 11.8. The van der Waals surface area contributed by atoms with Gasteiger partial charge in [-0.05, 0) is 37.1 Å². The number of nitrogens with one attached hydrogen (secondary N) is 2. The van der Waals surface area contributed by atoms with E-state index in [4.69, 9.17) is 0 Å². The van der Waals surface area contributed by atoms with Gasteiger partial charge in [0, 0.05) is 25.7 Å². The highest BCUT2D eigenvalue weighted by molar-refractivity contribution is 7.90. The summed E-state index contributed by atoms with van der Waals surface area (Å²) in [5.41, 5.74) is 0.368. The third-order valence-corrected chi connectivity index (χ3v) is 6.67. The van der Waals surface area contributed by atoms with Gasteiger partial charge in [-0.1, -0.05) is 6.42 Å². The highest BCUT2D eigenvalue weighted by atomic mass is 32.2. The highest BCUT2D eigenvalue weighted by Crippen LogP contribution is 2.15. The molecule has 0 aliphatic carbocycles. The van der Waals surface area contributed by atoms with E-state index in [0.29, 0.717) is 24.5 Å². The van der Waals surface area contributed by atoms with Crippen LogP contribution >= 0.6 is 0 Å². The van der Waals surface area contributed by atoms with Gasteiger partial charge in [-0.25, -0.2) is 16.8 Å². The van der Waals surface area contributed by atoms with Crippen molar-refractivity contribution in [1.29, 1.82) is 0 Å². The van der Waals surface area contributed by atoms with Crippen molar-refractivity contribution in [3.63, 3.8) is 0 Å². The van der Waals surface area contributed by atoms with Crippen molar-refractivity contribution in [1.82, 2.24) is 9.03 Å². The lowest BCUT2D eigenvalue weighted by Gasteiger charge is -2.14. The van der Waals surface area contributed by atoms with Crippen LogP contribution in [0.1, 0.15) is 25.7 Å². The summed E-state index contributed by atoms with van der Waals surface area (Å²) in [4.78, 5) is 16.2. The maximum absolute atomic E-state index is 12.4. The number of aliphatic imine (C=N–C) groups is 1. The number of amides is 1. The van der Waals surface area contributed by atoms with Crippen LogP contribution in [0.2, 0.25) is 0 Å². The Hall–Kier alpha value is -1.98. The van der Waals surface area contributed by atoms with E-state index >= 15 is 0 Å². The van der Waals surface area contributed by atoms with Gasteiger partial charge in [-0.2, -0.15) is 4.31 Å². The van der Waals surface area contributed by atoms with Crippen LogP contribution in [0.15, 0.2) is 34.2 Å². The Labute approximate surface area is 160 Å². The number of anilines is 1. The molecular formula is C16H24N4O5S2. The molecule has 0 bridgehead atoms. The zero-order chi connectivity index (χ0) is 20.1. The van der Waals surface area contributed by atoms with Crippen molar-refractivity contribution in [3.05, 3.63) is 24.3 Å². The predicted molar refractivity (Wildman–Crippen MR) is 104 cm³/mol. The average Bonchev–Trinajstić information content (AvgIpc) is 2.82. The number of rotatable bonds is 6. The Bertz CT molecular complexity index is 909. The summed E-state index contributed by atoms with van der Waals surface area (Å²) < 4.78 is 51.0. The van der Waals surface area contributed by atoms with Crippen LogP contribution in [-0.4, -0.2) is 59.3 Å². The molecule has 0 radical (unpaired) electrons. The van der Waals surface area contributed by atoms with E-state index in [1.807, 2.05) is 0 Å². The predicted octanol–water partition coefficient (Wildman–Crippen LogP) is 0.767. The van der Waals surface area contributed by atoms with E-state index in [9.17, 15) is 21.6 Å². The molecule has 0 atom stereocenters. The first-order valence-electron chi connectivity index (χ1n) is 8.45. The standard InChI is InChI=1S/C16H24N4O5S2/c1-20(26(2,22)23)12-16(21)18-13-7-9-14(10-8-13)27(24,25)19-15-6-4-3-5-11-17-15/h7-10H,3-6,11-12H2,1-2H3,(H,17,19)(H,18,21). The molecule has 27 heavy (non-hydrogen) atoms. The molecule has 0 unspecified atom stereocenters. The topological polar surface area (TPSA) is 125 Å². The van der Waals surface area contributed by atoms with Gasteiger partial charge in [0.2, 0.25) is 15.9 Å². The van der Waals surface area contributed by atoms with E-state index in [0.717, 1.165) is 29.8 Å². The van der Waals surface area contributed by atoms with E-state index in [1.54, 1.807) is 0 Å². The Balaban J connectivity index is 2.01. The molecule has 1 aromatic carbocycles. The number of hydrogen-bond donors (Lipinski definition) is 2. The second-order valence-corrected chi connectivity index (χ2v) is 10.1. The van der Waals surface area contributed by atoms with Crippen molar-refractivity contribution in [2.24, 2.45) is 4.99 Å². The molecular weight excluding hydrogens is 392 g/mol. The van der Waals surface area contributed by atoms with E-state index < -0.39 is 26.0 Å². The Morgan fingerprint density at radius 2 is 1.78 bits per heavy atom. The molecule has 1 aromatic rings. The van der Waals surface area contributed by atoms with Crippen molar-refractivity contribution in [2.45, 2.75) is 30.6 Å². The fraction of sp³-hybridized carbons (Fsp3) is 0.500. The summed E-state index contributed by atoms with van der Waals surface area (Å²) in [6.45, 7) is 0.283. The number of benzene rings is 1. The fourth-order valence-corrected chi connectivity index (χ4v) is 3.85. The maximum atomic E-state index is 12.4. The number of sulfonamides is 2. The van der Waals surface area contributed by atoms with Gasteiger partial charge >= 0.3 is 0 Å². The molecule has 0 spiro atoms. The monoisotopic (exact) mass is 416 g/mol. The van der Waals surface area contributed by atoms with Crippen LogP contribution in [0, 0.1) is 0 Å². The Kier molecular flexibility index (Phi) is 6.95. The lowest BCUT2D eigenvalue weighted by atomic mass is 10.2. The normalized spacial score (nSPS) is 15.7. The molecule has 1 aliphatic heterocycles. The van der Waals surface area contributed by atoms with Gasteiger partial charge < -0.3 is 5.32 Å². The summed E-state index contributed by atoms with van der Waals surface area (Å²) in [5.74, 6) is -0.0573. The molecule has 2 N–H and O–H groups in total. The number of hydrogen-bond acceptors (Lipinski definition) is 6. The Morgan fingerprint density at radius 3 is 2.41 bits per heavy atom. The molecule has 2 rings (SSSR count). The molecule has 150 valence electrons. The van der Waals surface area contributed by atoms with Crippen LogP contribution in [0.25, 0.3) is 0 Å². The molecule has 9 nitrogen and oxygen atoms in total. The third-order valence-electron chi connectivity index (χ3n) is 4.01. The van der Waals surface area contributed by atoms with Gasteiger partial charge in [0.25, 0.3) is 10.0 Å². The smallest absolute Gasteiger partial charge is 0.262 e. The summed E-state index contributed by atoms with van der Waals surface area (Å²) in [7, 11) is -5.90. The van der Waals surface area contributed by atoms with E-state index in [-0.39, 0.29) is 11.4 Å². The number of likely N-dealkylation sites (N-methyl/N-ethyl adjacent to an activating group) is 1. The zero-order valence-electron chi connectivity index (χ0n) is 15.3. The first-order chi connectivity index (χ1) is 12.6. The quantitative estimate of drug-likeness (QED) is 0.708. The maximum Gasteiger partial charge on any atom is 0.262 e. The molecule has 1 amide bonds. The molecule has 11 heteroatoms. The summed E-state index contributed by atoms with van der Waals surface area (Å²) in [6.07, 6.45) is 4.48. The lowest BCUT2D eigenvalue weighted by Crippen LogP contribution is -2.34. The second kappa shape index (κ2) is 8.81. The largest absolute Gasteiger partial charge is 0.325 e. The highest BCUT2D eigenvalue weighted by Gasteiger charge is 2.18. The van der Waals surface area contributed by atoms with Gasteiger partial charge in [-0.15, -0.1) is 0 Å². The minimum Gasteiger partial charge on any atom is -0.325 e. The van der Waals surface area contributed by atoms with Crippen LogP contribution < -0.4 is 10.0 Å². The van der Waals surface area contributed by atoms with Crippen molar-refractivity contribution >= 4 is 37.5 Å². The van der Waals surface area contributed by atoms with Gasteiger partial charge in [0.05, 0.1) is 17.7 Å². The van der Waals surface area contributed by atoms with Gasteiger partial charge in [0.15, 0.2) is 0 Å². The molecule has 0 fully saturated rings. The number of carbonyl (C=O) groups is 1. The number of carbonyl (C=O) groups excluding carboxylic acids is 1. The van der Waals surface area contributed by atoms with Gasteiger partial charge in [-0.3, -0.25) is 14.5 Å². The molecule has 1 heterocycles. The van der Waals surface area contributed by atoms with E-state index in [2.05, 4.69) is 15.0 Å². The van der Waals surface area contributed by atoms with Crippen molar-refractivity contribution < 1.29 is 21.6 Å². The van der Waals surface area contributed by atoms with Gasteiger partial charge in [0.1, 0.15) is 5.84 Å². The van der Waals surface area contributed by atoms with Crippen LogP contribution in [-0.2, 0) is 24.8 Å². The molecule has 1 aliphatic rings. The number of nitrogens with zero attached hydrogens (tertiary/aromatic N) is 2. The van der Waals surface area contributed by atoms with Crippen molar-refractivity contribution in [3.8, 4) is 0 Å². The second-order valence-electron chi connectivity index (χ2n) is 6.34. The molecule has 0 saturated heterocycles. The Morgan fingerprint density at radius 1 is 1.11 bits per heavy atom.